The predicted molar refractivity (Wildman–Crippen MR) is 93.7 cm³/mol. The molecule has 2 heteroatoms. The molecule has 1 aliphatic carbocycles. The van der Waals surface area contributed by atoms with E-state index >= 15 is 0 Å². The molecular formula is C19H30OSi. The lowest BCUT2D eigenvalue weighted by atomic mass is 10.1. The molecule has 0 aromatic heterocycles. The molecule has 21 heavy (non-hydrogen) atoms. The molecule has 0 N–H and O–H groups in total. The summed E-state index contributed by atoms with van der Waals surface area (Å²) < 4.78 is 0. The van der Waals surface area contributed by atoms with Gasteiger partial charge < -0.3 is 0 Å². The Kier molecular flexibility index (Phi) is 4.48. The maximum absolute atomic E-state index is 12.9. The van der Waals surface area contributed by atoms with E-state index in [0.29, 0.717) is 28.8 Å². The van der Waals surface area contributed by atoms with E-state index in [1.54, 1.807) is 0 Å². The first-order chi connectivity index (χ1) is 9.72. The first-order valence-electron chi connectivity index (χ1n) is 8.35. The summed E-state index contributed by atoms with van der Waals surface area (Å²) in [5.41, 5.74) is 6.01. The first-order valence-corrected chi connectivity index (χ1v) is 10.7. The van der Waals surface area contributed by atoms with Gasteiger partial charge in [-0.15, -0.1) is 0 Å². The highest BCUT2D eigenvalue weighted by Crippen LogP contribution is 2.53. The number of ketones is 1. The number of carbonyl (C=O) groups is 1. The van der Waals surface area contributed by atoms with Crippen LogP contribution in [-0.4, -0.2) is 13.9 Å². The number of hydrogen-bond donors (Lipinski definition) is 0. The molecule has 0 heterocycles. The maximum Gasteiger partial charge on any atom is 0.142 e. The van der Waals surface area contributed by atoms with Gasteiger partial charge in [0, 0.05) is 12.0 Å². The first kappa shape index (κ1) is 16.5. The second kappa shape index (κ2) is 5.72. The van der Waals surface area contributed by atoms with Gasteiger partial charge in [-0.05, 0) is 34.7 Å². The number of hydrogen-bond acceptors (Lipinski definition) is 1. The third kappa shape index (κ3) is 2.42. The normalized spacial score (nSPS) is 19.0. The summed E-state index contributed by atoms with van der Waals surface area (Å²) in [4.78, 5) is 12.9. The van der Waals surface area contributed by atoms with Crippen LogP contribution in [0.1, 0.15) is 63.8 Å². The fraction of sp³-hybridized carbons (Fsp3) is 0.632. The predicted octanol–water partition coefficient (Wildman–Crippen LogP) is 5.42. The van der Waals surface area contributed by atoms with Crippen LogP contribution in [0.4, 0.5) is 0 Å². The second-order valence-corrected chi connectivity index (χ2v) is 13.8. The molecule has 116 valence electrons. The highest BCUT2D eigenvalue weighted by molar-refractivity contribution is 6.87. The molecule has 0 radical (unpaired) electrons. The van der Waals surface area contributed by atoms with Crippen LogP contribution in [-0.2, 0) is 11.2 Å². The van der Waals surface area contributed by atoms with Crippen molar-refractivity contribution in [1.29, 1.82) is 0 Å². The molecule has 0 spiro atoms. The van der Waals surface area contributed by atoms with E-state index in [1.165, 1.54) is 16.7 Å². The van der Waals surface area contributed by atoms with E-state index in [-0.39, 0.29) is 5.54 Å². The maximum atomic E-state index is 12.9. The van der Waals surface area contributed by atoms with Crippen molar-refractivity contribution in [3.8, 4) is 0 Å². The van der Waals surface area contributed by atoms with Gasteiger partial charge in [0.05, 0.1) is 8.07 Å². The van der Waals surface area contributed by atoms with Crippen LogP contribution in [0.15, 0.2) is 18.2 Å². The second-order valence-electron chi connectivity index (χ2n) is 7.74. The molecule has 0 saturated carbocycles. The van der Waals surface area contributed by atoms with Crippen LogP contribution in [0, 0.1) is 6.92 Å². The number of rotatable bonds is 4. The summed E-state index contributed by atoms with van der Waals surface area (Å²) in [6.45, 7) is 16.3. The summed E-state index contributed by atoms with van der Waals surface area (Å²) in [5, 5.41) is 0. The van der Waals surface area contributed by atoms with Gasteiger partial charge in [-0.3, -0.25) is 4.79 Å². The van der Waals surface area contributed by atoms with Gasteiger partial charge in [0.25, 0.3) is 0 Å². The molecule has 1 aliphatic rings. The molecule has 1 atom stereocenters. The van der Waals surface area contributed by atoms with Crippen molar-refractivity contribution in [2.45, 2.75) is 77.1 Å². The van der Waals surface area contributed by atoms with E-state index in [9.17, 15) is 4.79 Å². The Morgan fingerprint density at radius 1 is 1.00 bits per heavy atom. The average Bonchev–Trinajstić information content (AvgIpc) is 2.66. The smallest absolute Gasteiger partial charge is 0.142 e. The highest BCUT2D eigenvalue weighted by Gasteiger charge is 2.54. The largest absolute Gasteiger partial charge is 0.299 e. The molecule has 1 aromatic carbocycles. The SMILES string of the molecule is Cc1ccc2c(c1)C([Si](C(C)C)(C(C)C)C(C)C)C(=O)C2. The lowest BCUT2D eigenvalue weighted by Gasteiger charge is -2.47. The minimum absolute atomic E-state index is 0.201. The number of aryl methyl sites for hydroxylation is 1. The van der Waals surface area contributed by atoms with Crippen LogP contribution < -0.4 is 0 Å². The molecule has 1 nitrogen and oxygen atoms in total. The minimum Gasteiger partial charge on any atom is -0.299 e. The van der Waals surface area contributed by atoms with Gasteiger partial charge in [0.1, 0.15) is 5.78 Å². The zero-order chi connectivity index (χ0) is 15.9. The van der Waals surface area contributed by atoms with Gasteiger partial charge in [0.2, 0.25) is 0 Å². The summed E-state index contributed by atoms with van der Waals surface area (Å²) in [5.74, 6) is 0.485. The van der Waals surface area contributed by atoms with Crippen LogP contribution in [0.3, 0.4) is 0 Å². The van der Waals surface area contributed by atoms with Crippen molar-refractivity contribution in [2.24, 2.45) is 0 Å². The summed E-state index contributed by atoms with van der Waals surface area (Å²) in [6.07, 6.45) is 0.654. The third-order valence-electron chi connectivity index (χ3n) is 5.80. The van der Waals surface area contributed by atoms with E-state index in [1.807, 2.05) is 0 Å². The third-order valence-corrected chi connectivity index (χ3v) is 13.4. The molecule has 1 aromatic rings. The van der Waals surface area contributed by atoms with Crippen molar-refractivity contribution in [1.82, 2.24) is 0 Å². The van der Waals surface area contributed by atoms with Gasteiger partial charge >= 0.3 is 0 Å². The Morgan fingerprint density at radius 3 is 2.00 bits per heavy atom. The van der Waals surface area contributed by atoms with Crippen LogP contribution in [0.25, 0.3) is 0 Å². The molecule has 0 aliphatic heterocycles. The molecule has 0 fully saturated rings. The fourth-order valence-corrected chi connectivity index (χ4v) is 12.6. The topological polar surface area (TPSA) is 17.1 Å². The Hall–Kier alpha value is -0.893. The summed E-state index contributed by atoms with van der Waals surface area (Å²) >= 11 is 0. The average molecular weight is 303 g/mol. The van der Waals surface area contributed by atoms with Crippen LogP contribution in [0.5, 0.6) is 0 Å². The van der Waals surface area contributed by atoms with E-state index in [0.717, 1.165) is 0 Å². The molecule has 0 bridgehead atoms. The molecule has 2 rings (SSSR count). The van der Waals surface area contributed by atoms with Crippen molar-refractivity contribution < 1.29 is 4.79 Å². The molecule has 0 amide bonds. The number of benzene rings is 1. The van der Waals surface area contributed by atoms with E-state index in [4.69, 9.17) is 0 Å². The monoisotopic (exact) mass is 302 g/mol. The Morgan fingerprint density at radius 2 is 1.52 bits per heavy atom. The van der Waals surface area contributed by atoms with E-state index in [2.05, 4.69) is 66.7 Å². The van der Waals surface area contributed by atoms with Crippen molar-refractivity contribution in [3.05, 3.63) is 34.9 Å². The number of fused-ring (bicyclic) bond motifs is 1. The highest BCUT2D eigenvalue weighted by atomic mass is 28.3. The fourth-order valence-electron chi connectivity index (χ4n) is 5.16. The van der Waals surface area contributed by atoms with Crippen molar-refractivity contribution in [3.63, 3.8) is 0 Å². The van der Waals surface area contributed by atoms with Gasteiger partial charge in [-0.1, -0.05) is 65.3 Å². The zero-order valence-corrected chi connectivity index (χ0v) is 15.7. The minimum atomic E-state index is -1.78. The van der Waals surface area contributed by atoms with Crippen LogP contribution in [0.2, 0.25) is 16.6 Å². The van der Waals surface area contributed by atoms with Gasteiger partial charge in [-0.2, -0.15) is 0 Å². The lowest BCUT2D eigenvalue weighted by molar-refractivity contribution is -0.117. The Bertz CT molecular complexity index is 521. The molecular weight excluding hydrogens is 272 g/mol. The summed E-state index contributed by atoms with van der Waals surface area (Å²) in [6, 6.07) is 6.63. The lowest BCUT2D eigenvalue weighted by Crippen LogP contribution is -2.52. The standard InChI is InChI=1S/C19H30OSi/c1-12(2)21(13(3)4,14(5)6)19-17-10-15(7)8-9-16(17)11-18(19)20/h8-10,12-14,19H,11H2,1-7H3. The molecule has 0 saturated heterocycles. The van der Waals surface area contributed by atoms with Crippen molar-refractivity contribution >= 4 is 13.9 Å². The van der Waals surface area contributed by atoms with Gasteiger partial charge in [0.15, 0.2) is 0 Å². The summed E-state index contributed by atoms with van der Waals surface area (Å²) in [7, 11) is -1.78. The Labute approximate surface area is 131 Å². The molecule has 1 unspecified atom stereocenters. The Balaban J connectivity index is 2.67. The van der Waals surface area contributed by atoms with E-state index < -0.39 is 8.07 Å². The zero-order valence-electron chi connectivity index (χ0n) is 14.7. The number of carbonyl (C=O) groups excluding carboxylic acids is 1. The number of Topliss-reactive ketones (excluding diaryl/α,β-unsaturated/α-hetero) is 1. The quantitative estimate of drug-likeness (QED) is 0.678. The van der Waals surface area contributed by atoms with Crippen molar-refractivity contribution in [2.75, 3.05) is 0 Å². The van der Waals surface area contributed by atoms with Crippen LogP contribution >= 0.6 is 0 Å². The van der Waals surface area contributed by atoms with Gasteiger partial charge in [-0.25, -0.2) is 0 Å².